The average molecular weight is 162 g/mol. The van der Waals surface area contributed by atoms with Crippen LogP contribution in [0, 0.1) is 0 Å². The van der Waals surface area contributed by atoms with E-state index < -0.39 is 12.2 Å². The Bertz CT molecular complexity index is 147. The molecule has 3 N–H and O–H groups in total. The summed E-state index contributed by atoms with van der Waals surface area (Å²) in [5.74, 6) is 0. The fraction of sp³-hybridized carbons (Fsp3) is 0.600. The quantitative estimate of drug-likeness (QED) is 0.544. The highest BCUT2D eigenvalue weighted by Crippen LogP contribution is 1.78. The van der Waals surface area contributed by atoms with Crippen LogP contribution in [0.2, 0.25) is 0 Å². The minimum atomic E-state index is -0.884. The Balaban J connectivity index is 3.14. The van der Waals surface area contributed by atoms with Crippen LogP contribution in [0.3, 0.4) is 0 Å². The van der Waals surface area contributed by atoms with E-state index >= 15 is 0 Å². The molecule has 6 heteroatoms. The van der Waals surface area contributed by atoms with Crippen molar-refractivity contribution in [2.45, 2.75) is 0 Å². The summed E-state index contributed by atoms with van der Waals surface area (Å²) in [6, 6.07) is 0. The zero-order valence-electron chi connectivity index (χ0n) is 6.12. The van der Waals surface area contributed by atoms with E-state index in [4.69, 9.17) is 0 Å². The lowest BCUT2D eigenvalue weighted by atomic mass is 10.8. The van der Waals surface area contributed by atoms with Gasteiger partial charge < -0.3 is 20.5 Å². The van der Waals surface area contributed by atoms with Crippen molar-refractivity contribution in [1.82, 2.24) is 5.32 Å². The van der Waals surface area contributed by atoms with Crippen molar-refractivity contribution in [3.8, 4) is 0 Å². The molecule has 0 unspecified atom stereocenters. The van der Waals surface area contributed by atoms with Crippen LogP contribution in [0.1, 0.15) is 0 Å². The fourth-order valence-corrected chi connectivity index (χ4v) is 0.349. The van der Waals surface area contributed by atoms with Gasteiger partial charge in [-0.05, 0) is 0 Å². The molecule has 64 valence electrons. The first-order chi connectivity index (χ1) is 5.16. The number of primary amides is 1. The fourth-order valence-electron chi connectivity index (χ4n) is 0.349. The van der Waals surface area contributed by atoms with Crippen LogP contribution in [-0.4, -0.2) is 32.4 Å². The highest BCUT2D eigenvalue weighted by molar-refractivity contribution is 5.66. The third kappa shape index (κ3) is 6.42. The number of nitrogens with two attached hydrogens (primary N) is 1. The molecule has 0 fully saturated rings. The Morgan fingerprint density at radius 3 is 2.36 bits per heavy atom. The predicted molar refractivity (Wildman–Crippen MR) is 35.9 cm³/mol. The van der Waals surface area contributed by atoms with Crippen LogP contribution in [0.5, 0.6) is 0 Å². The van der Waals surface area contributed by atoms with Gasteiger partial charge in [0.25, 0.3) is 0 Å². The maximum absolute atomic E-state index is 10.4. The molecule has 0 bridgehead atoms. The van der Waals surface area contributed by atoms with Gasteiger partial charge in [-0.2, -0.15) is 0 Å². The van der Waals surface area contributed by atoms with E-state index in [0.717, 1.165) is 0 Å². The number of amides is 2. The number of ether oxygens (including phenoxy) is 2. The molecule has 0 saturated heterocycles. The van der Waals surface area contributed by atoms with Gasteiger partial charge in [0, 0.05) is 7.05 Å². The van der Waals surface area contributed by atoms with E-state index in [1.807, 2.05) is 0 Å². The molecular formula is C5H10N2O4. The van der Waals surface area contributed by atoms with Crippen molar-refractivity contribution in [3.05, 3.63) is 0 Å². The van der Waals surface area contributed by atoms with Gasteiger partial charge in [-0.15, -0.1) is 0 Å². The summed E-state index contributed by atoms with van der Waals surface area (Å²) in [5.41, 5.74) is 4.62. The number of carbonyl (C=O) groups excluding carboxylic acids is 2. The summed E-state index contributed by atoms with van der Waals surface area (Å²) >= 11 is 0. The lowest BCUT2D eigenvalue weighted by molar-refractivity contribution is 0.101. The molecule has 11 heavy (non-hydrogen) atoms. The monoisotopic (exact) mass is 162 g/mol. The lowest BCUT2D eigenvalue weighted by Crippen LogP contribution is -2.23. The van der Waals surface area contributed by atoms with Gasteiger partial charge in [0.15, 0.2) is 0 Å². The van der Waals surface area contributed by atoms with Gasteiger partial charge in [-0.25, -0.2) is 9.59 Å². The molecule has 0 aromatic rings. The van der Waals surface area contributed by atoms with Crippen molar-refractivity contribution in [3.63, 3.8) is 0 Å². The smallest absolute Gasteiger partial charge is 0.406 e. The summed E-state index contributed by atoms with van der Waals surface area (Å²) in [5, 5.41) is 2.22. The Hall–Kier alpha value is -1.46. The molecular weight excluding hydrogens is 152 g/mol. The second kappa shape index (κ2) is 5.33. The number of nitrogens with one attached hydrogen (secondary N) is 1. The van der Waals surface area contributed by atoms with E-state index in [1.54, 1.807) is 0 Å². The van der Waals surface area contributed by atoms with Gasteiger partial charge in [0.05, 0.1) is 0 Å². The third-order valence-corrected chi connectivity index (χ3v) is 0.765. The van der Waals surface area contributed by atoms with Gasteiger partial charge in [0.1, 0.15) is 13.2 Å². The summed E-state index contributed by atoms with van der Waals surface area (Å²) < 4.78 is 8.73. The molecule has 0 aromatic heterocycles. The van der Waals surface area contributed by atoms with E-state index in [2.05, 4.69) is 20.5 Å². The zero-order chi connectivity index (χ0) is 8.69. The van der Waals surface area contributed by atoms with Crippen molar-refractivity contribution in [2.75, 3.05) is 20.3 Å². The second-order valence-electron chi connectivity index (χ2n) is 1.55. The van der Waals surface area contributed by atoms with Crippen molar-refractivity contribution in [2.24, 2.45) is 5.73 Å². The molecule has 0 atom stereocenters. The maximum atomic E-state index is 10.4. The number of alkyl carbamates (subject to hydrolysis) is 1. The van der Waals surface area contributed by atoms with Crippen LogP contribution >= 0.6 is 0 Å². The summed E-state index contributed by atoms with van der Waals surface area (Å²) in [6.45, 7) is -0.0225. The van der Waals surface area contributed by atoms with Gasteiger partial charge >= 0.3 is 12.2 Å². The van der Waals surface area contributed by atoms with Crippen LogP contribution < -0.4 is 11.1 Å². The first kappa shape index (κ1) is 9.54. The SMILES string of the molecule is CNC(=O)OCCOC(N)=O. The van der Waals surface area contributed by atoms with Crippen LogP contribution in [0.4, 0.5) is 9.59 Å². The minimum Gasteiger partial charge on any atom is -0.446 e. The van der Waals surface area contributed by atoms with Crippen molar-refractivity contribution >= 4 is 12.2 Å². The topological polar surface area (TPSA) is 90.7 Å². The van der Waals surface area contributed by atoms with E-state index in [1.165, 1.54) is 7.05 Å². The first-order valence-corrected chi connectivity index (χ1v) is 2.93. The van der Waals surface area contributed by atoms with Gasteiger partial charge in [-0.1, -0.05) is 0 Å². The number of carbonyl (C=O) groups is 2. The Morgan fingerprint density at radius 2 is 1.91 bits per heavy atom. The molecule has 0 heterocycles. The normalized spacial score (nSPS) is 8.45. The second-order valence-corrected chi connectivity index (χ2v) is 1.55. The predicted octanol–water partition coefficient (Wildman–Crippen LogP) is -0.562. The minimum absolute atomic E-state index is 0.00259. The van der Waals surface area contributed by atoms with Crippen LogP contribution in [-0.2, 0) is 9.47 Å². The maximum Gasteiger partial charge on any atom is 0.406 e. The van der Waals surface area contributed by atoms with Gasteiger partial charge in [-0.3, -0.25) is 0 Å². The van der Waals surface area contributed by atoms with Crippen LogP contribution in [0.25, 0.3) is 0 Å². The Kier molecular flexibility index (Phi) is 4.63. The first-order valence-electron chi connectivity index (χ1n) is 2.93. The third-order valence-electron chi connectivity index (χ3n) is 0.765. The van der Waals surface area contributed by atoms with Crippen LogP contribution in [0.15, 0.2) is 0 Å². The molecule has 0 aliphatic rings. The van der Waals surface area contributed by atoms with Gasteiger partial charge in [0.2, 0.25) is 0 Å². The Labute approximate surface area is 63.6 Å². The molecule has 0 rings (SSSR count). The summed E-state index contributed by atoms with van der Waals surface area (Å²) in [6.07, 6.45) is -1.46. The number of hydrogen-bond acceptors (Lipinski definition) is 4. The molecule has 0 aromatic carbocycles. The van der Waals surface area contributed by atoms with Crippen molar-refractivity contribution in [1.29, 1.82) is 0 Å². The van der Waals surface area contributed by atoms with Crippen molar-refractivity contribution < 1.29 is 19.1 Å². The number of hydrogen-bond donors (Lipinski definition) is 2. The molecule has 0 aliphatic carbocycles. The summed E-state index contributed by atoms with van der Waals surface area (Å²) in [7, 11) is 1.43. The Morgan fingerprint density at radius 1 is 1.36 bits per heavy atom. The number of rotatable bonds is 3. The highest BCUT2D eigenvalue weighted by atomic mass is 16.6. The molecule has 0 aliphatic heterocycles. The molecule has 6 nitrogen and oxygen atoms in total. The molecule has 0 spiro atoms. The van der Waals surface area contributed by atoms with E-state index in [-0.39, 0.29) is 13.2 Å². The van der Waals surface area contributed by atoms with E-state index in [9.17, 15) is 9.59 Å². The van der Waals surface area contributed by atoms with E-state index in [0.29, 0.717) is 0 Å². The standard InChI is InChI=1S/C5H10N2O4/c1-7-5(9)11-3-2-10-4(6)8/h2-3H2,1H3,(H2,6,8)(H,7,9). The lowest BCUT2D eigenvalue weighted by Gasteiger charge is -2.02. The summed E-state index contributed by atoms with van der Waals surface area (Å²) in [4.78, 5) is 20.3. The zero-order valence-corrected chi connectivity index (χ0v) is 6.12. The molecule has 0 saturated carbocycles. The molecule has 0 radical (unpaired) electrons. The molecule has 2 amide bonds. The average Bonchev–Trinajstić information content (AvgIpc) is 1.97. The largest absolute Gasteiger partial charge is 0.446 e. The highest BCUT2D eigenvalue weighted by Gasteiger charge is 1.97.